The predicted molar refractivity (Wildman–Crippen MR) is 134 cm³/mol. The Hall–Kier alpha value is -2.72. The van der Waals surface area contributed by atoms with E-state index in [2.05, 4.69) is 30.7 Å². The van der Waals surface area contributed by atoms with E-state index in [0.717, 1.165) is 0 Å². The summed E-state index contributed by atoms with van der Waals surface area (Å²) in [7, 11) is 0. The molecule has 17 heteroatoms. The number of nitrogens with zero attached hydrogens (tertiary/aromatic N) is 7. The van der Waals surface area contributed by atoms with Gasteiger partial charge in [0.15, 0.2) is 0 Å². The van der Waals surface area contributed by atoms with E-state index in [0.29, 0.717) is 52.7 Å². The molecule has 0 spiro atoms. The SMILES string of the molecule is [N-]=[N+]=NCCOCCNC(=O)CN(CCOCCOCCOCCN)CC(=O)NCCOCCN=[N+]=[N-]. The van der Waals surface area contributed by atoms with Gasteiger partial charge < -0.3 is 40.1 Å². The van der Waals surface area contributed by atoms with Gasteiger partial charge in [-0.3, -0.25) is 14.5 Å². The van der Waals surface area contributed by atoms with Crippen molar-refractivity contribution in [3.8, 4) is 0 Å². The fourth-order valence-electron chi connectivity index (χ4n) is 2.58. The lowest BCUT2D eigenvalue weighted by Crippen LogP contribution is -2.45. The summed E-state index contributed by atoms with van der Waals surface area (Å²) in [4.78, 5) is 31.5. The van der Waals surface area contributed by atoms with E-state index in [1.54, 1.807) is 4.90 Å². The van der Waals surface area contributed by atoms with Crippen LogP contribution in [0.4, 0.5) is 0 Å². The maximum absolute atomic E-state index is 12.3. The number of hydrogen-bond acceptors (Lipinski definition) is 11. The van der Waals surface area contributed by atoms with Crippen LogP contribution in [0.3, 0.4) is 0 Å². The minimum Gasteiger partial charge on any atom is -0.379 e. The minimum absolute atomic E-state index is 0.00679. The third kappa shape index (κ3) is 26.2. The molecule has 17 nitrogen and oxygen atoms in total. The first-order valence-electron chi connectivity index (χ1n) is 12.0. The largest absolute Gasteiger partial charge is 0.379 e. The lowest BCUT2D eigenvalue weighted by Gasteiger charge is -2.21. The van der Waals surface area contributed by atoms with E-state index in [1.807, 2.05) is 0 Å². The van der Waals surface area contributed by atoms with Crippen LogP contribution in [0.25, 0.3) is 20.9 Å². The van der Waals surface area contributed by atoms with Gasteiger partial charge in [-0.05, 0) is 11.1 Å². The summed E-state index contributed by atoms with van der Waals surface area (Å²) < 4.78 is 26.6. The molecule has 0 aliphatic rings. The fraction of sp³-hybridized carbons (Fsp3) is 0.900. The molecule has 0 radical (unpaired) electrons. The number of carbonyl (C=O) groups is 2. The minimum atomic E-state index is -0.270. The molecule has 0 aliphatic heterocycles. The molecular formula is C20H40N10O7. The van der Waals surface area contributed by atoms with Gasteiger partial charge in [0, 0.05) is 49.1 Å². The van der Waals surface area contributed by atoms with Crippen molar-refractivity contribution < 1.29 is 33.3 Å². The topological polar surface area (TPSA) is 231 Å². The summed E-state index contributed by atoms with van der Waals surface area (Å²) in [5.41, 5.74) is 21.8. The van der Waals surface area contributed by atoms with Gasteiger partial charge in [0.05, 0.1) is 79.2 Å². The van der Waals surface area contributed by atoms with Crippen molar-refractivity contribution in [1.82, 2.24) is 15.5 Å². The van der Waals surface area contributed by atoms with Crippen molar-refractivity contribution in [1.29, 1.82) is 0 Å². The normalized spacial score (nSPS) is 10.5. The molecule has 0 rings (SSSR count). The lowest BCUT2D eigenvalue weighted by atomic mass is 10.4. The monoisotopic (exact) mass is 532 g/mol. The van der Waals surface area contributed by atoms with Gasteiger partial charge in [-0.2, -0.15) is 0 Å². The average Bonchev–Trinajstić information content (AvgIpc) is 2.88. The van der Waals surface area contributed by atoms with Crippen molar-refractivity contribution >= 4 is 11.8 Å². The second-order valence-corrected chi connectivity index (χ2v) is 7.17. The molecule has 37 heavy (non-hydrogen) atoms. The van der Waals surface area contributed by atoms with Crippen LogP contribution in [-0.2, 0) is 33.3 Å². The molecule has 212 valence electrons. The number of carbonyl (C=O) groups excluding carboxylic acids is 2. The van der Waals surface area contributed by atoms with Crippen LogP contribution >= 0.6 is 0 Å². The zero-order chi connectivity index (χ0) is 27.2. The lowest BCUT2D eigenvalue weighted by molar-refractivity contribution is -0.125. The molecule has 0 heterocycles. The third-order valence-corrected chi connectivity index (χ3v) is 4.23. The van der Waals surface area contributed by atoms with Gasteiger partial charge in [0.1, 0.15) is 0 Å². The van der Waals surface area contributed by atoms with Crippen molar-refractivity contribution in [3.05, 3.63) is 20.9 Å². The van der Waals surface area contributed by atoms with E-state index >= 15 is 0 Å². The molecule has 0 aromatic rings. The van der Waals surface area contributed by atoms with Gasteiger partial charge >= 0.3 is 0 Å². The van der Waals surface area contributed by atoms with E-state index in [4.69, 9.17) is 40.5 Å². The molecule has 2 amide bonds. The second kappa shape index (κ2) is 27.9. The van der Waals surface area contributed by atoms with Gasteiger partial charge in [-0.15, -0.1) is 0 Å². The zero-order valence-electron chi connectivity index (χ0n) is 21.3. The van der Waals surface area contributed by atoms with Crippen molar-refractivity contribution in [2.45, 2.75) is 0 Å². The standard InChI is InChI=1S/C20H40N10O7/c21-1-7-33-13-15-37-16-14-36-12-6-30(17-19(31)24-2-8-34-10-4-26-28-22)18-20(32)25-3-9-35-11-5-27-29-23/h1-18,21H2,(H,24,31)(H,25,32). The van der Waals surface area contributed by atoms with Gasteiger partial charge in [-0.25, -0.2) is 0 Å². The quantitative estimate of drug-likeness (QED) is 0.0518. The maximum Gasteiger partial charge on any atom is 0.234 e. The molecule has 0 saturated heterocycles. The Kier molecular flexibility index (Phi) is 25.8. The van der Waals surface area contributed by atoms with Crippen molar-refractivity contribution in [2.75, 3.05) is 118 Å². The summed E-state index contributed by atoms with van der Waals surface area (Å²) >= 11 is 0. The van der Waals surface area contributed by atoms with E-state index in [-0.39, 0.29) is 77.5 Å². The fourth-order valence-corrected chi connectivity index (χ4v) is 2.58. The highest BCUT2D eigenvalue weighted by molar-refractivity contribution is 5.81. The Morgan fingerprint density at radius 3 is 1.57 bits per heavy atom. The Morgan fingerprint density at radius 1 is 0.676 bits per heavy atom. The van der Waals surface area contributed by atoms with Crippen LogP contribution < -0.4 is 16.4 Å². The molecule has 4 N–H and O–H groups in total. The Balaban J connectivity index is 4.27. The van der Waals surface area contributed by atoms with Gasteiger partial charge in [-0.1, -0.05) is 10.2 Å². The van der Waals surface area contributed by atoms with Crippen LogP contribution in [0.2, 0.25) is 0 Å². The van der Waals surface area contributed by atoms with Crippen LogP contribution in [0.1, 0.15) is 0 Å². The number of nitrogens with one attached hydrogen (secondary N) is 2. The molecule has 0 saturated carbocycles. The summed E-state index contributed by atoms with van der Waals surface area (Å²) in [6.07, 6.45) is 0. The molecule has 0 unspecified atom stereocenters. The van der Waals surface area contributed by atoms with Crippen LogP contribution in [0.5, 0.6) is 0 Å². The van der Waals surface area contributed by atoms with E-state index < -0.39 is 0 Å². The number of hydrogen-bond donors (Lipinski definition) is 3. The Morgan fingerprint density at radius 2 is 1.11 bits per heavy atom. The van der Waals surface area contributed by atoms with Gasteiger partial charge in [0.25, 0.3) is 0 Å². The second-order valence-electron chi connectivity index (χ2n) is 7.17. The first kappa shape index (κ1) is 34.3. The zero-order valence-corrected chi connectivity index (χ0v) is 21.3. The number of azide groups is 2. The van der Waals surface area contributed by atoms with Crippen LogP contribution in [0.15, 0.2) is 10.2 Å². The van der Waals surface area contributed by atoms with Crippen LogP contribution in [-0.4, -0.2) is 135 Å². The smallest absolute Gasteiger partial charge is 0.234 e. The molecule has 0 aliphatic carbocycles. The van der Waals surface area contributed by atoms with Crippen LogP contribution in [0, 0.1) is 0 Å². The number of amides is 2. The van der Waals surface area contributed by atoms with E-state index in [9.17, 15) is 9.59 Å². The Bertz CT molecular complexity index is 632. The summed E-state index contributed by atoms with van der Waals surface area (Å²) in [5, 5.41) is 12.1. The highest BCUT2D eigenvalue weighted by atomic mass is 16.5. The molecule has 0 atom stereocenters. The molecule has 0 aromatic carbocycles. The molecular weight excluding hydrogens is 492 g/mol. The first-order valence-corrected chi connectivity index (χ1v) is 12.0. The molecule has 0 fully saturated rings. The number of rotatable bonds is 27. The van der Waals surface area contributed by atoms with Crippen molar-refractivity contribution in [2.24, 2.45) is 16.0 Å². The molecule has 0 bridgehead atoms. The van der Waals surface area contributed by atoms with Crippen molar-refractivity contribution in [3.63, 3.8) is 0 Å². The Labute approximate surface area is 216 Å². The first-order chi connectivity index (χ1) is 18.1. The number of ether oxygens (including phenoxy) is 5. The van der Waals surface area contributed by atoms with E-state index in [1.165, 1.54) is 0 Å². The highest BCUT2D eigenvalue weighted by Crippen LogP contribution is 1.91. The predicted octanol–water partition coefficient (Wildman–Crippen LogP) is -0.817. The molecule has 0 aromatic heterocycles. The summed E-state index contributed by atoms with van der Waals surface area (Å²) in [6, 6.07) is 0. The highest BCUT2D eigenvalue weighted by Gasteiger charge is 2.14. The number of nitrogens with two attached hydrogens (primary N) is 1. The summed E-state index contributed by atoms with van der Waals surface area (Å²) in [5.74, 6) is -0.540. The maximum atomic E-state index is 12.3. The third-order valence-electron chi connectivity index (χ3n) is 4.23. The van der Waals surface area contributed by atoms with Gasteiger partial charge in [0.2, 0.25) is 11.8 Å². The average molecular weight is 533 g/mol. The summed E-state index contributed by atoms with van der Waals surface area (Å²) in [6.45, 7) is 5.36.